The summed E-state index contributed by atoms with van der Waals surface area (Å²) in [5, 5.41) is 23.2. The van der Waals surface area contributed by atoms with Crippen molar-refractivity contribution in [1.82, 2.24) is 5.32 Å². The summed E-state index contributed by atoms with van der Waals surface area (Å²) in [5.41, 5.74) is 0. The van der Waals surface area contributed by atoms with Crippen LogP contribution in [0, 0.1) is 0 Å². The fraction of sp³-hybridized carbons (Fsp3) is 0.954. The average molecular weight is 973 g/mol. The van der Waals surface area contributed by atoms with Crippen molar-refractivity contribution in [2.24, 2.45) is 0 Å². The van der Waals surface area contributed by atoms with Crippen molar-refractivity contribution < 1.29 is 15.0 Å². The SMILES string of the molecule is CCCCCCCCCCCCCCCCCCCCC/C=C/C(O)C(CO)NC(=O)CCCCCCCCCCCCCCCCCCCCCCCCCCCCCCCCCCCCCC. The Bertz CT molecular complexity index is 967. The Morgan fingerprint density at radius 2 is 0.536 bits per heavy atom. The van der Waals surface area contributed by atoms with Gasteiger partial charge in [0.1, 0.15) is 0 Å². The largest absolute Gasteiger partial charge is 0.394 e. The van der Waals surface area contributed by atoms with Crippen LogP contribution >= 0.6 is 0 Å². The lowest BCUT2D eigenvalue weighted by Crippen LogP contribution is -2.45. The number of carbonyl (C=O) groups is 1. The van der Waals surface area contributed by atoms with Gasteiger partial charge in [-0.05, 0) is 19.3 Å². The van der Waals surface area contributed by atoms with Crippen molar-refractivity contribution in [3.05, 3.63) is 12.2 Å². The summed E-state index contributed by atoms with van der Waals surface area (Å²) >= 11 is 0. The third kappa shape index (κ3) is 57.9. The van der Waals surface area contributed by atoms with Crippen LogP contribution in [0.15, 0.2) is 12.2 Å². The summed E-state index contributed by atoms with van der Waals surface area (Å²) in [5.74, 6) is -0.0542. The molecule has 4 heteroatoms. The lowest BCUT2D eigenvalue weighted by molar-refractivity contribution is -0.123. The topological polar surface area (TPSA) is 69.6 Å². The molecule has 0 saturated carbocycles. The quantitative estimate of drug-likeness (QED) is 0.0420. The van der Waals surface area contributed by atoms with Crippen LogP contribution in [0.2, 0.25) is 0 Å². The number of hydrogen-bond donors (Lipinski definition) is 3. The van der Waals surface area contributed by atoms with Crippen LogP contribution in [0.4, 0.5) is 0 Å². The molecule has 0 spiro atoms. The van der Waals surface area contributed by atoms with E-state index in [1.54, 1.807) is 6.08 Å². The van der Waals surface area contributed by atoms with Crippen molar-refractivity contribution in [2.45, 2.75) is 392 Å². The summed E-state index contributed by atoms with van der Waals surface area (Å²) in [7, 11) is 0. The molecule has 0 aromatic rings. The molecular weight excluding hydrogens is 843 g/mol. The van der Waals surface area contributed by atoms with E-state index in [2.05, 4.69) is 19.2 Å². The molecule has 0 aliphatic heterocycles. The van der Waals surface area contributed by atoms with Crippen molar-refractivity contribution >= 4 is 5.91 Å². The van der Waals surface area contributed by atoms with E-state index in [4.69, 9.17) is 0 Å². The van der Waals surface area contributed by atoms with Crippen LogP contribution in [0.5, 0.6) is 0 Å². The number of unbranched alkanes of at least 4 members (excludes halogenated alkanes) is 54. The molecule has 1 amide bonds. The first-order chi connectivity index (χ1) is 34.2. The van der Waals surface area contributed by atoms with Gasteiger partial charge in [0.25, 0.3) is 0 Å². The number of nitrogens with one attached hydrogen (secondary N) is 1. The lowest BCUT2D eigenvalue weighted by atomic mass is 10.0. The average Bonchev–Trinajstić information content (AvgIpc) is 3.35. The zero-order chi connectivity index (χ0) is 49.9. The predicted octanol–water partition coefficient (Wildman–Crippen LogP) is 21.7. The van der Waals surface area contributed by atoms with Crippen molar-refractivity contribution in [3.8, 4) is 0 Å². The molecule has 0 aromatic heterocycles. The summed E-state index contributed by atoms with van der Waals surface area (Å²) in [6.45, 7) is 4.36. The maximum absolute atomic E-state index is 12.5. The lowest BCUT2D eigenvalue weighted by Gasteiger charge is -2.20. The van der Waals surface area contributed by atoms with Crippen LogP contribution in [0.3, 0.4) is 0 Å². The minimum atomic E-state index is -0.836. The van der Waals surface area contributed by atoms with Gasteiger partial charge in [-0.3, -0.25) is 4.79 Å². The number of rotatable bonds is 61. The van der Waals surface area contributed by atoms with Crippen LogP contribution in [0.1, 0.15) is 380 Å². The Hall–Kier alpha value is -0.870. The first kappa shape index (κ1) is 68.1. The van der Waals surface area contributed by atoms with E-state index in [9.17, 15) is 15.0 Å². The number of hydrogen-bond acceptors (Lipinski definition) is 3. The molecule has 0 aliphatic carbocycles. The molecular formula is C65H129NO3. The van der Waals surface area contributed by atoms with E-state index in [0.29, 0.717) is 6.42 Å². The van der Waals surface area contributed by atoms with Gasteiger partial charge in [0.2, 0.25) is 5.91 Å². The molecule has 0 aliphatic rings. The van der Waals surface area contributed by atoms with Gasteiger partial charge in [0.15, 0.2) is 0 Å². The Balaban J connectivity index is 3.38. The smallest absolute Gasteiger partial charge is 0.220 e. The molecule has 0 fully saturated rings. The standard InChI is InChI=1S/C65H129NO3/c1-3-5-7-9-11-13-15-17-19-21-23-25-26-27-28-29-30-31-32-33-34-35-36-37-38-39-41-43-45-47-49-51-53-55-57-59-61-65(69)66-63(62-67)64(68)60-58-56-54-52-50-48-46-44-42-40-24-22-20-18-16-14-12-10-8-6-4-2/h58,60,63-64,67-68H,3-57,59,61-62H2,1-2H3,(H,66,69)/b60-58+. The fourth-order valence-electron chi connectivity index (χ4n) is 10.6. The van der Waals surface area contributed by atoms with Gasteiger partial charge in [0, 0.05) is 6.42 Å². The zero-order valence-corrected chi connectivity index (χ0v) is 47.6. The molecule has 3 N–H and O–H groups in total. The van der Waals surface area contributed by atoms with E-state index in [0.717, 1.165) is 25.7 Å². The van der Waals surface area contributed by atoms with E-state index in [1.165, 1.54) is 334 Å². The van der Waals surface area contributed by atoms with Crippen LogP contribution in [-0.4, -0.2) is 34.9 Å². The third-order valence-corrected chi connectivity index (χ3v) is 15.5. The molecule has 0 heterocycles. The minimum absolute atomic E-state index is 0.0542. The molecule has 0 rings (SSSR count). The molecule has 0 radical (unpaired) electrons. The summed E-state index contributed by atoms with van der Waals surface area (Å²) in [4.78, 5) is 12.5. The molecule has 0 saturated heterocycles. The van der Waals surface area contributed by atoms with E-state index >= 15 is 0 Å². The van der Waals surface area contributed by atoms with Crippen molar-refractivity contribution in [3.63, 3.8) is 0 Å². The first-order valence-electron chi connectivity index (χ1n) is 32.4. The maximum Gasteiger partial charge on any atom is 0.220 e. The molecule has 0 aromatic carbocycles. The molecule has 4 nitrogen and oxygen atoms in total. The number of allylic oxidation sites excluding steroid dienone is 1. The van der Waals surface area contributed by atoms with Crippen LogP contribution in [0.25, 0.3) is 0 Å². The van der Waals surface area contributed by atoms with Gasteiger partial charge in [-0.2, -0.15) is 0 Å². The van der Waals surface area contributed by atoms with Gasteiger partial charge in [0.05, 0.1) is 18.8 Å². The molecule has 0 bridgehead atoms. The Labute approximate surface area is 435 Å². The van der Waals surface area contributed by atoms with Gasteiger partial charge in [-0.1, -0.05) is 366 Å². The number of aliphatic hydroxyl groups is 2. The second-order valence-electron chi connectivity index (χ2n) is 22.6. The van der Waals surface area contributed by atoms with Gasteiger partial charge >= 0.3 is 0 Å². The highest BCUT2D eigenvalue weighted by Crippen LogP contribution is 2.19. The molecule has 2 unspecified atom stereocenters. The van der Waals surface area contributed by atoms with Gasteiger partial charge in [-0.25, -0.2) is 0 Å². The Morgan fingerprint density at radius 1 is 0.333 bits per heavy atom. The number of carbonyl (C=O) groups excluding carboxylic acids is 1. The number of aliphatic hydroxyl groups excluding tert-OH is 2. The van der Waals surface area contributed by atoms with Crippen LogP contribution < -0.4 is 5.32 Å². The van der Waals surface area contributed by atoms with E-state index < -0.39 is 12.1 Å². The van der Waals surface area contributed by atoms with Gasteiger partial charge < -0.3 is 15.5 Å². The summed E-state index contributed by atoms with van der Waals surface area (Å²) < 4.78 is 0. The normalized spacial score (nSPS) is 12.7. The third-order valence-electron chi connectivity index (χ3n) is 15.5. The molecule has 69 heavy (non-hydrogen) atoms. The highest BCUT2D eigenvalue weighted by molar-refractivity contribution is 5.76. The second-order valence-corrected chi connectivity index (χ2v) is 22.6. The predicted molar refractivity (Wildman–Crippen MR) is 309 cm³/mol. The van der Waals surface area contributed by atoms with E-state index in [-0.39, 0.29) is 12.5 Å². The number of amides is 1. The molecule has 2 atom stereocenters. The van der Waals surface area contributed by atoms with Crippen molar-refractivity contribution in [1.29, 1.82) is 0 Å². The fourth-order valence-corrected chi connectivity index (χ4v) is 10.6. The summed E-state index contributed by atoms with van der Waals surface area (Å²) in [6.07, 6.45) is 81.4. The van der Waals surface area contributed by atoms with Crippen molar-refractivity contribution in [2.75, 3.05) is 6.61 Å². The minimum Gasteiger partial charge on any atom is -0.394 e. The summed E-state index contributed by atoms with van der Waals surface area (Å²) in [6, 6.07) is -0.619. The first-order valence-corrected chi connectivity index (χ1v) is 32.4. The monoisotopic (exact) mass is 972 g/mol. The maximum atomic E-state index is 12.5. The second kappa shape index (κ2) is 61.4. The highest BCUT2D eigenvalue weighted by atomic mass is 16.3. The van der Waals surface area contributed by atoms with Gasteiger partial charge in [-0.15, -0.1) is 0 Å². The Kier molecular flexibility index (Phi) is 60.7. The van der Waals surface area contributed by atoms with Crippen LogP contribution in [-0.2, 0) is 4.79 Å². The Morgan fingerprint density at radius 3 is 0.754 bits per heavy atom. The zero-order valence-electron chi connectivity index (χ0n) is 47.6. The highest BCUT2D eigenvalue weighted by Gasteiger charge is 2.18. The molecule has 412 valence electrons. The van der Waals surface area contributed by atoms with E-state index in [1.807, 2.05) is 6.08 Å².